The van der Waals surface area contributed by atoms with Crippen LogP contribution in [0.2, 0.25) is 0 Å². The maximum atomic E-state index is 12.4. The lowest BCUT2D eigenvalue weighted by molar-refractivity contribution is -0.144. The molecule has 0 radical (unpaired) electrons. The van der Waals surface area contributed by atoms with Crippen molar-refractivity contribution >= 4 is 16.0 Å². The average molecular weight is 314 g/mol. The highest BCUT2D eigenvalue weighted by atomic mass is 32.2. The lowest BCUT2D eigenvalue weighted by Gasteiger charge is -2.21. The first-order valence-corrected chi connectivity index (χ1v) is 8.19. The third-order valence-electron chi connectivity index (χ3n) is 3.46. The number of hydrogen-bond donors (Lipinski definition) is 1. The average Bonchev–Trinajstić information content (AvgIpc) is 2.88. The fraction of sp³-hybridized carbons (Fsp3) is 0.538. The molecule has 0 saturated carbocycles. The number of carbonyl (C=O) groups excluding carboxylic acids is 1. The fourth-order valence-corrected chi connectivity index (χ4v) is 4.04. The molecular weight excluding hydrogens is 296 g/mol. The first kappa shape index (κ1) is 15.9. The molecule has 0 aromatic carbocycles. The van der Waals surface area contributed by atoms with Crippen molar-refractivity contribution in [2.24, 2.45) is 0 Å². The lowest BCUT2D eigenvalue weighted by atomic mass is 10.2. The molecule has 1 aliphatic rings. The predicted octanol–water partition coefficient (Wildman–Crippen LogP) is -0.438. The van der Waals surface area contributed by atoms with Crippen molar-refractivity contribution in [2.45, 2.75) is 25.0 Å². The van der Waals surface area contributed by atoms with Gasteiger partial charge in [-0.2, -0.15) is 4.31 Å². The van der Waals surface area contributed by atoms with E-state index in [2.05, 4.69) is 9.72 Å². The van der Waals surface area contributed by atoms with E-state index in [-0.39, 0.29) is 18.7 Å². The van der Waals surface area contributed by atoms with E-state index in [0.717, 1.165) is 9.87 Å². The van der Waals surface area contributed by atoms with Gasteiger partial charge in [-0.25, -0.2) is 8.42 Å². The summed E-state index contributed by atoms with van der Waals surface area (Å²) in [6.07, 6.45) is 2.74. The quantitative estimate of drug-likeness (QED) is 0.740. The van der Waals surface area contributed by atoms with Gasteiger partial charge in [0.15, 0.2) is 0 Å². The Hall–Kier alpha value is -1.51. The summed E-state index contributed by atoms with van der Waals surface area (Å²) in [5.41, 5.74) is 0.850. The van der Waals surface area contributed by atoms with Crippen LogP contribution in [0.4, 0.5) is 0 Å². The Morgan fingerprint density at radius 3 is 2.76 bits per heavy atom. The molecule has 0 aliphatic carbocycles. The molecule has 1 saturated heterocycles. The van der Waals surface area contributed by atoms with Crippen LogP contribution in [0.3, 0.4) is 0 Å². The third kappa shape index (κ3) is 3.78. The van der Waals surface area contributed by atoms with Crippen LogP contribution < -0.4 is 0 Å². The van der Waals surface area contributed by atoms with Gasteiger partial charge in [-0.15, -0.1) is 0 Å². The normalized spacial score (nSPS) is 23.1. The van der Waals surface area contributed by atoms with Crippen LogP contribution in [-0.2, 0) is 26.0 Å². The molecule has 1 aliphatic heterocycles. The molecule has 7 nitrogen and oxygen atoms in total. The van der Waals surface area contributed by atoms with Gasteiger partial charge in [0.1, 0.15) is 6.04 Å². The molecule has 8 heteroatoms. The minimum Gasteiger partial charge on any atom is -0.468 e. The molecule has 116 valence electrons. The predicted molar refractivity (Wildman–Crippen MR) is 74.9 cm³/mol. The van der Waals surface area contributed by atoms with E-state index in [0.29, 0.717) is 6.42 Å². The van der Waals surface area contributed by atoms with Crippen LogP contribution in [0.15, 0.2) is 24.5 Å². The van der Waals surface area contributed by atoms with Gasteiger partial charge in [0.2, 0.25) is 10.0 Å². The van der Waals surface area contributed by atoms with Crippen molar-refractivity contribution in [3.63, 3.8) is 0 Å². The van der Waals surface area contributed by atoms with Gasteiger partial charge >= 0.3 is 5.97 Å². The smallest absolute Gasteiger partial charge is 0.324 e. The largest absolute Gasteiger partial charge is 0.468 e. The molecule has 0 spiro atoms. The fourth-order valence-electron chi connectivity index (χ4n) is 2.36. The Morgan fingerprint density at radius 2 is 2.14 bits per heavy atom. The Bertz CT molecular complexity index is 590. The van der Waals surface area contributed by atoms with Crippen LogP contribution in [0.5, 0.6) is 0 Å². The third-order valence-corrected chi connectivity index (χ3v) is 5.30. The number of aryl methyl sites for hydroxylation is 1. The van der Waals surface area contributed by atoms with E-state index in [1.165, 1.54) is 7.11 Å². The second kappa shape index (κ2) is 6.50. The first-order chi connectivity index (χ1) is 9.94. The van der Waals surface area contributed by atoms with E-state index in [1.54, 1.807) is 24.5 Å². The number of nitrogens with zero attached hydrogens (tertiary/aromatic N) is 2. The molecule has 0 bridgehead atoms. The highest BCUT2D eigenvalue weighted by molar-refractivity contribution is 7.89. The van der Waals surface area contributed by atoms with Crippen molar-refractivity contribution in [2.75, 3.05) is 19.4 Å². The topological polar surface area (TPSA) is 96.8 Å². The number of aromatic nitrogens is 1. The number of β-amino-alcohol motifs (C(OH)–C–C–N with tert-alkyl or cyclic N) is 1. The summed E-state index contributed by atoms with van der Waals surface area (Å²) < 4.78 is 30.4. The maximum absolute atomic E-state index is 12.4. The monoisotopic (exact) mass is 314 g/mol. The van der Waals surface area contributed by atoms with E-state index in [1.807, 2.05) is 0 Å². The number of methoxy groups -OCH3 is 1. The van der Waals surface area contributed by atoms with Crippen molar-refractivity contribution in [3.8, 4) is 0 Å². The van der Waals surface area contributed by atoms with Gasteiger partial charge in [0.25, 0.3) is 0 Å². The van der Waals surface area contributed by atoms with Crippen LogP contribution >= 0.6 is 0 Å². The summed E-state index contributed by atoms with van der Waals surface area (Å²) in [6, 6.07) is 2.55. The summed E-state index contributed by atoms with van der Waals surface area (Å²) in [5, 5.41) is 9.64. The minimum absolute atomic E-state index is 0.0706. The molecule has 1 fully saturated rings. The molecule has 1 aromatic rings. The van der Waals surface area contributed by atoms with Gasteiger partial charge in [-0.05, 0) is 24.1 Å². The zero-order valence-electron chi connectivity index (χ0n) is 11.7. The first-order valence-electron chi connectivity index (χ1n) is 6.58. The lowest BCUT2D eigenvalue weighted by Crippen LogP contribution is -2.42. The van der Waals surface area contributed by atoms with Crippen LogP contribution in [0.1, 0.15) is 12.0 Å². The van der Waals surface area contributed by atoms with Gasteiger partial charge in [-0.3, -0.25) is 9.78 Å². The summed E-state index contributed by atoms with van der Waals surface area (Å²) >= 11 is 0. The van der Waals surface area contributed by atoms with E-state index in [4.69, 9.17) is 0 Å². The second-order valence-corrected chi connectivity index (χ2v) is 6.96. The van der Waals surface area contributed by atoms with Crippen molar-refractivity contribution in [1.29, 1.82) is 0 Å². The van der Waals surface area contributed by atoms with Crippen molar-refractivity contribution < 1.29 is 23.1 Å². The van der Waals surface area contributed by atoms with Crippen LogP contribution in [0.25, 0.3) is 0 Å². The SMILES string of the molecule is COC(=O)C1CC(O)CN1S(=O)(=O)CCc1ccncc1. The number of aliphatic hydroxyl groups is 1. The molecule has 0 amide bonds. The highest BCUT2D eigenvalue weighted by Gasteiger charge is 2.43. The van der Waals surface area contributed by atoms with Crippen molar-refractivity contribution in [1.82, 2.24) is 9.29 Å². The summed E-state index contributed by atoms with van der Waals surface area (Å²) in [6.45, 7) is -0.0710. The number of aliphatic hydroxyl groups excluding tert-OH is 1. The number of ether oxygens (including phenoxy) is 1. The molecular formula is C13H18N2O5S. The minimum atomic E-state index is -3.64. The second-order valence-electron chi connectivity index (χ2n) is 4.92. The number of sulfonamides is 1. The molecule has 2 unspecified atom stereocenters. The molecule has 1 aromatic heterocycles. The van der Waals surface area contributed by atoms with E-state index >= 15 is 0 Å². The Labute approximate surface area is 123 Å². The van der Waals surface area contributed by atoms with Gasteiger partial charge in [0, 0.05) is 25.4 Å². The van der Waals surface area contributed by atoms with Gasteiger partial charge < -0.3 is 9.84 Å². The Kier molecular flexibility index (Phi) is 4.92. The summed E-state index contributed by atoms with van der Waals surface area (Å²) in [7, 11) is -2.44. The number of rotatable bonds is 5. The van der Waals surface area contributed by atoms with Crippen LogP contribution in [-0.4, -0.2) is 60.3 Å². The maximum Gasteiger partial charge on any atom is 0.324 e. The summed E-state index contributed by atoms with van der Waals surface area (Å²) in [4.78, 5) is 15.5. The van der Waals surface area contributed by atoms with Gasteiger partial charge in [-0.1, -0.05) is 0 Å². The van der Waals surface area contributed by atoms with E-state index in [9.17, 15) is 18.3 Å². The molecule has 2 heterocycles. The van der Waals surface area contributed by atoms with Gasteiger partial charge in [0.05, 0.1) is 19.0 Å². The standard InChI is InChI=1S/C13H18N2O5S/c1-20-13(17)12-8-11(16)9-15(12)21(18,19)7-4-10-2-5-14-6-3-10/h2-3,5-6,11-12,16H,4,7-9H2,1H3. The number of esters is 1. The Morgan fingerprint density at radius 1 is 1.48 bits per heavy atom. The molecule has 2 atom stereocenters. The Balaban J connectivity index is 2.09. The zero-order chi connectivity index (χ0) is 15.5. The molecule has 2 rings (SSSR count). The zero-order valence-corrected chi connectivity index (χ0v) is 12.5. The van der Waals surface area contributed by atoms with Crippen molar-refractivity contribution in [3.05, 3.63) is 30.1 Å². The summed E-state index contributed by atoms with van der Waals surface area (Å²) in [5.74, 6) is -0.768. The molecule has 1 N–H and O–H groups in total. The number of pyridine rings is 1. The van der Waals surface area contributed by atoms with Crippen LogP contribution in [0, 0.1) is 0 Å². The number of hydrogen-bond acceptors (Lipinski definition) is 6. The van der Waals surface area contributed by atoms with E-state index < -0.39 is 28.1 Å². The molecule has 21 heavy (non-hydrogen) atoms. The number of carbonyl (C=O) groups is 1. The highest BCUT2D eigenvalue weighted by Crippen LogP contribution is 2.23.